The molecule has 0 spiro atoms. The smallest absolute Gasteiger partial charge is 0.194 e. The summed E-state index contributed by atoms with van der Waals surface area (Å²) >= 11 is 3.61. The molecule has 0 radical (unpaired) electrons. The summed E-state index contributed by atoms with van der Waals surface area (Å²) in [5.74, 6) is 1.94. The van der Waals surface area contributed by atoms with Crippen molar-refractivity contribution < 1.29 is 4.39 Å². The first kappa shape index (κ1) is 29.9. The minimum absolute atomic E-state index is 0.192. The Balaban J connectivity index is 1.11. The predicted octanol–water partition coefficient (Wildman–Crippen LogP) is 6.43. The lowest BCUT2D eigenvalue weighted by Crippen LogP contribution is -2.42. The minimum atomic E-state index is -0.192. The summed E-state index contributed by atoms with van der Waals surface area (Å²) in [4.78, 5) is 11.4. The molecule has 2 atom stereocenters. The second-order valence-electron chi connectivity index (χ2n) is 12.2. The van der Waals surface area contributed by atoms with Crippen LogP contribution in [0.5, 0.6) is 0 Å². The molecule has 5 rings (SSSR count). The Morgan fingerprint density at radius 1 is 0.902 bits per heavy atom. The lowest BCUT2D eigenvalue weighted by Gasteiger charge is -2.30. The van der Waals surface area contributed by atoms with Crippen LogP contribution in [0.15, 0.2) is 58.0 Å². The van der Waals surface area contributed by atoms with Crippen LogP contribution in [0.3, 0.4) is 0 Å². The van der Waals surface area contributed by atoms with E-state index in [0.29, 0.717) is 24.0 Å². The van der Waals surface area contributed by atoms with Crippen LogP contribution in [-0.2, 0) is 12.8 Å². The summed E-state index contributed by atoms with van der Waals surface area (Å²) in [7, 11) is 0. The fraction of sp³-hybridized carbons (Fsp3) is 0.576. The van der Waals surface area contributed by atoms with Gasteiger partial charge in [-0.3, -0.25) is 10.4 Å². The first-order valence-electron chi connectivity index (χ1n) is 15.6. The quantitative estimate of drug-likeness (QED) is 0.252. The highest BCUT2D eigenvalue weighted by atomic mass is 79.9. The van der Waals surface area contributed by atoms with Crippen LogP contribution in [0, 0.1) is 17.1 Å². The Morgan fingerprint density at radius 3 is 2.39 bits per heavy atom. The lowest BCUT2D eigenvalue weighted by atomic mass is 9.84. The van der Waals surface area contributed by atoms with Gasteiger partial charge in [0.1, 0.15) is 5.82 Å². The van der Waals surface area contributed by atoms with Gasteiger partial charge in [0.25, 0.3) is 0 Å². The Bertz CT molecular complexity index is 1180. The van der Waals surface area contributed by atoms with E-state index >= 15 is 0 Å². The molecule has 1 aliphatic carbocycles. The minimum Gasteiger partial charge on any atom is -0.370 e. The molecule has 2 fully saturated rings. The highest BCUT2D eigenvalue weighted by Crippen LogP contribution is 2.31. The van der Waals surface area contributed by atoms with Crippen molar-refractivity contribution in [1.29, 1.82) is 5.41 Å². The maximum absolute atomic E-state index is 13.6. The Kier molecular flexibility index (Phi) is 10.6. The SMILES string of the molecule is N=C1N(CCCC[C@H]2CN=C(N)N2CCc2cccc(F)c2)C[C@@H](CC2CCCCC2)N1CCc1cccc(Br)c1. The molecule has 2 aromatic carbocycles. The molecule has 3 N–H and O–H groups in total. The Labute approximate surface area is 253 Å². The summed E-state index contributed by atoms with van der Waals surface area (Å²) < 4.78 is 14.7. The van der Waals surface area contributed by atoms with Gasteiger partial charge in [-0.05, 0) is 79.8 Å². The number of rotatable bonds is 13. The largest absolute Gasteiger partial charge is 0.370 e. The Hall–Kier alpha value is -2.61. The predicted molar refractivity (Wildman–Crippen MR) is 170 cm³/mol. The number of nitrogens with two attached hydrogens (primary N) is 1. The number of guanidine groups is 2. The maximum atomic E-state index is 13.6. The van der Waals surface area contributed by atoms with Gasteiger partial charge >= 0.3 is 0 Å². The van der Waals surface area contributed by atoms with Crippen molar-refractivity contribution >= 4 is 27.8 Å². The molecule has 0 unspecified atom stereocenters. The van der Waals surface area contributed by atoms with E-state index in [1.54, 1.807) is 12.1 Å². The van der Waals surface area contributed by atoms with Crippen LogP contribution in [0.25, 0.3) is 0 Å². The highest BCUT2D eigenvalue weighted by molar-refractivity contribution is 9.10. The second-order valence-corrected chi connectivity index (χ2v) is 13.1. The molecule has 8 heteroatoms. The normalized spacial score (nSPS) is 21.7. The van der Waals surface area contributed by atoms with Crippen LogP contribution >= 0.6 is 15.9 Å². The molecule has 2 heterocycles. The van der Waals surface area contributed by atoms with E-state index in [9.17, 15) is 4.39 Å². The fourth-order valence-electron chi connectivity index (χ4n) is 6.98. The maximum Gasteiger partial charge on any atom is 0.194 e. The summed E-state index contributed by atoms with van der Waals surface area (Å²) in [6, 6.07) is 16.1. The van der Waals surface area contributed by atoms with Gasteiger partial charge < -0.3 is 20.4 Å². The van der Waals surface area contributed by atoms with Gasteiger partial charge in [-0.1, -0.05) is 72.3 Å². The van der Waals surface area contributed by atoms with Crippen LogP contribution in [0.4, 0.5) is 4.39 Å². The van der Waals surface area contributed by atoms with E-state index in [-0.39, 0.29) is 5.82 Å². The van der Waals surface area contributed by atoms with E-state index in [1.807, 2.05) is 6.07 Å². The molecule has 2 aliphatic heterocycles. The van der Waals surface area contributed by atoms with Crippen molar-refractivity contribution in [3.8, 4) is 0 Å². The molecule has 0 bridgehead atoms. The van der Waals surface area contributed by atoms with E-state index in [4.69, 9.17) is 11.1 Å². The number of nitrogens with one attached hydrogen (secondary N) is 1. The van der Waals surface area contributed by atoms with Gasteiger partial charge in [-0.15, -0.1) is 0 Å². The molecule has 1 saturated carbocycles. The molecular formula is C33H46BrFN6. The average molecular weight is 626 g/mol. The third-order valence-corrected chi connectivity index (χ3v) is 9.74. The molecule has 2 aromatic rings. The molecule has 0 amide bonds. The molecule has 222 valence electrons. The topological polar surface area (TPSA) is 71.9 Å². The standard InChI is InChI=1S/C33H46BrFN6/c34-28-12-6-10-26(20-28)16-19-41-31(22-25-8-2-1-3-9-25)24-39(33(41)37)17-5-4-14-30-23-38-32(36)40(30)18-15-27-11-7-13-29(35)21-27/h6-7,10-13,20-21,25,30-31,37H,1-5,8-9,14-19,22-24H2,(H2,36,38)/t30-,31+/m0/s1. The van der Waals surface area contributed by atoms with E-state index in [1.165, 1.54) is 50.2 Å². The van der Waals surface area contributed by atoms with Gasteiger partial charge in [0, 0.05) is 36.7 Å². The summed E-state index contributed by atoms with van der Waals surface area (Å²) in [6.45, 7) is 4.31. The number of aliphatic imine (C=N–C) groups is 1. The van der Waals surface area contributed by atoms with E-state index in [2.05, 4.69) is 59.9 Å². The second kappa shape index (κ2) is 14.5. The third kappa shape index (κ3) is 8.24. The first-order valence-corrected chi connectivity index (χ1v) is 16.4. The van der Waals surface area contributed by atoms with Crippen LogP contribution < -0.4 is 5.73 Å². The van der Waals surface area contributed by atoms with Crippen molar-refractivity contribution in [3.63, 3.8) is 0 Å². The lowest BCUT2D eigenvalue weighted by molar-refractivity contribution is 0.244. The molecular weight excluding hydrogens is 579 g/mol. The molecule has 6 nitrogen and oxygen atoms in total. The van der Waals surface area contributed by atoms with Gasteiger partial charge in [0.15, 0.2) is 11.9 Å². The van der Waals surface area contributed by atoms with Crippen molar-refractivity contribution in [1.82, 2.24) is 14.7 Å². The first-order chi connectivity index (χ1) is 20.0. The summed E-state index contributed by atoms with van der Waals surface area (Å²) in [5, 5.41) is 9.10. The van der Waals surface area contributed by atoms with Gasteiger partial charge in [0.05, 0.1) is 12.6 Å². The molecule has 0 aromatic heterocycles. The zero-order valence-electron chi connectivity index (χ0n) is 24.3. The molecule has 1 saturated heterocycles. The summed E-state index contributed by atoms with van der Waals surface area (Å²) in [6.07, 6.45) is 12.9. The van der Waals surface area contributed by atoms with E-state index in [0.717, 1.165) is 80.8 Å². The van der Waals surface area contributed by atoms with Crippen molar-refractivity contribution in [2.24, 2.45) is 16.6 Å². The zero-order chi connectivity index (χ0) is 28.6. The monoisotopic (exact) mass is 624 g/mol. The van der Waals surface area contributed by atoms with Crippen molar-refractivity contribution in [2.75, 3.05) is 32.7 Å². The number of unbranched alkanes of at least 4 members (excludes halogenated alkanes) is 1. The van der Waals surface area contributed by atoms with Crippen LogP contribution in [0.2, 0.25) is 0 Å². The van der Waals surface area contributed by atoms with Crippen LogP contribution in [-0.4, -0.2) is 71.4 Å². The number of hydrogen-bond acceptors (Lipinski definition) is 4. The van der Waals surface area contributed by atoms with E-state index < -0.39 is 0 Å². The van der Waals surface area contributed by atoms with Gasteiger partial charge in [0.2, 0.25) is 0 Å². The highest BCUT2D eigenvalue weighted by Gasteiger charge is 2.35. The molecule has 41 heavy (non-hydrogen) atoms. The van der Waals surface area contributed by atoms with Gasteiger partial charge in [-0.2, -0.15) is 0 Å². The van der Waals surface area contributed by atoms with Crippen LogP contribution in [0.1, 0.15) is 68.9 Å². The number of nitrogens with zero attached hydrogens (tertiary/aromatic N) is 4. The van der Waals surface area contributed by atoms with Gasteiger partial charge in [-0.25, -0.2) is 4.39 Å². The van der Waals surface area contributed by atoms with Crippen molar-refractivity contribution in [3.05, 3.63) is 69.9 Å². The summed E-state index contributed by atoms with van der Waals surface area (Å²) in [5.41, 5.74) is 8.54. The fourth-order valence-corrected chi connectivity index (χ4v) is 7.42. The molecule has 3 aliphatic rings. The van der Waals surface area contributed by atoms with Crippen molar-refractivity contribution in [2.45, 2.75) is 82.7 Å². The zero-order valence-corrected chi connectivity index (χ0v) is 25.9. The third-order valence-electron chi connectivity index (χ3n) is 9.25. The Morgan fingerprint density at radius 2 is 1.63 bits per heavy atom. The average Bonchev–Trinajstić information content (AvgIpc) is 3.47. The number of halogens is 2. The number of hydrogen-bond donors (Lipinski definition) is 2. The number of benzene rings is 2.